The van der Waals surface area contributed by atoms with Gasteiger partial charge in [-0.1, -0.05) is 12.1 Å². The molecule has 0 radical (unpaired) electrons. The molecule has 0 saturated carbocycles. The Morgan fingerprint density at radius 1 is 1.11 bits per heavy atom. The van der Waals surface area contributed by atoms with Gasteiger partial charge in [0, 0.05) is 12.3 Å². The summed E-state index contributed by atoms with van der Waals surface area (Å²) in [5, 5.41) is 2.23. The van der Waals surface area contributed by atoms with E-state index in [1.54, 1.807) is 43.6 Å². The normalized spacial score (nSPS) is 10.5. The second-order valence-electron chi connectivity index (χ2n) is 5.78. The number of methoxy groups -OCH3 is 1. The second kappa shape index (κ2) is 7.82. The number of benzene rings is 2. The van der Waals surface area contributed by atoms with E-state index in [1.807, 2.05) is 0 Å². The Balaban J connectivity index is 1.84. The first-order valence-electron chi connectivity index (χ1n) is 8.06. The SMILES string of the molecule is COc1ccc(Cn2cccc(C(=O)Nc3cc(F)ccc3F)c2=O)cc1. The summed E-state index contributed by atoms with van der Waals surface area (Å²) in [6.45, 7) is 0.248. The maximum Gasteiger partial charge on any atom is 0.263 e. The molecular weight excluding hydrogens is 354 g/mol. The minimum atomic E-state index is -0.811. The predicted octanol–water partition coefficient (Wildman–Crippen LogP) is 3.44. The first kappa shape index (κ1) is 18.3. The zero-order chi connectivity index (χ0) is 19.4. The van der Waals surface area contributed by atoms with Crippen molar-refractivity contribution in [2.75, 3.05) is 12.4 Å². The average Bonchev–Trinajstić information content (AvgIpc) is 2.67. The molecule has 138 valence electrons. The topological polar surface area (TPSA) is 60.3 Å². The Bertz CT molecular complexity index is 1030. The molecule has 1 aromatic heterocycles. The van der Waals surface area contributed by atoms with Crippen LogP contribution in [0.5, 0.6) is 5.75 Å². The van der Waals surface area contributed by atoms with Crippen LogP contribution < -0.4 is 15.6 Å². The fourth-order valence-corrected chi connectivity index (χ4v) is 2.54. The van der Waals surface area contributed by atoms with Crippen molar-refractivity contribution in [1.29, 1.82) is 0 Å². The Hall–Kier alpha value is -3.48. The number of carbonyl (C=O) groups excluding carboxylic acids is 1. The van der Waals surface area contributed by atoms with E-state index in [4.69, 9.17) is 4.74 Å². The van der Waals surface area contributed by atoms with Crippen LogP contribution in [-0.4, -0.2) is 17.6 Å². The van der Waals surface area contributed by atoms with Gasteiger partial charge in [0.15, 0.2) is 0 Å². The summed E-state index contributed by atoms with van der Waals surface area (Å²) in [5.74, 6) is -1.61. The summed E-state index contributed by atoms with van der Waals surface area (Å²) < 4.78 is 33.4. The van der Waals surface area contributed by atoms with E-state index in [0.29, 0.717) is 5.75 Å². The van der Waals surface area contributed by atoms with E-state index in [-0.39, 0.29) is 17.8 Å². The summed E-state index contributed by atoms with van der Waals surface area (Å²) in [6.07, 6.45) is 1.55. The molecule has 0 aliphatic heterocycles. The molecule has 0 atom stereocenters. The number of hydrogen-bond acceptors (Lipinski definition) is 3. The lowest BCUT2D eigenvalue weighted by atomic mass is 10.2. The quantitative estimate of drug-likeness (QED) is 0.749. The van der Waals surface area contributed by atoms with E-state index < -0.39 is 23.1 Å². The van der Waals surface area contributed by atoms with Crippen LogP contribution in [-0.2, 0) is 6.54 Å². The number of hydrogen-bond donors (Lipinski definition) is 1. The van der Waals surface area contributed by atoms with Crippen molar-refractivity contribution in [2.45, 2.75) is 6.54 Å². The molecule has 7 heteroatoms. The highest BCUT2D eigenvalue weighted by atomic mass is 19.1. The lowest BCUT2D eigenvalue weighted by molar-refractivity contribution is 0.102. The number of pyridine rings is 1. The Kier molecular flexibility index (Phi) is 5.30. The van der Waals surface area contributed by atoms with Gasteiger partial charge < -0.3 is 14.6 Å². The molecule has 0 unspecified atom stereocenters. The standard InChI is InChI=1S/C20H16F2N2O3/c1-27-15-7-4-13(5-8-15)12-24-10-2-3-16(20(24)26)19(25)23-18-11-14(21)6-9-17(18)22/h2-11H,12H2,1H3,(H,23,25). The van der Waals surface area contributed by atoms with E-state index in [2.05, 4.69) is 5.32 Å². The van der Waals surface area contributed by atoms with Crippen molar-refractivity contribution in [3.8, 4) is 5.75 Å². The molecule has 0 bridgehead atoms. The van der Waals surface area contributed by atoms with Gasteiger partial charge in [-0.05, 0) is 42.0 Å². The van der Waals surface area contributed by atoms with Crippen LogP contribution in [0.1, 0.15) is 15.9 Å². The molecule has 3 aromatic rings. The number of halogens is 2. The third kappa shape index (κ3) is 4.20. The summed E-state index contributed by atoms with van der Waals surface area (Å²) in [4.78, 5) is 24.9. The fourth-order valence-electron chi connectivity index (χ4n) is 2.54. The minimum Gasteiger partial charge on any atom is -0.497 e. The predicted molar refractivity (Wildman–Crippen MR) is 97.1 cm³/mol. The van der Waals surface area contributed by atoms with Crippen LogP contribution >= 0.6 is 0 Å². The molecule has 3 rings (SSSR count). The molecular formula is C20H16F2N2O3. The van der Waals surface area contributed by atoms with Crippen LogP contribution in [0.2, 0.25) is 0 Å². The van der Waals surface area contributed by atoms with Crippen LogP contribution in [0.3, 0.4) is 0 Å². The molecule has 2 aromatic carbocycles. The number of nitrogens with zero attached hydrogens (tertiary/aromatic N) is 1. The Morgan fingerprint density at radius 2 is 1.85 bits per heavy atom. The number of rotatable bonds is 5. The van der Waals surface area contributed by atoms with E-state index in [0.717, 1.165) is 23.8 Å². The molecule has 0 fully saturated rings. The summed E-state index contributed by atoms with van der Waals surface area (Å²) in [6, 6.07) is 12.7. The monoisotopic (exact) mass is 370 g/mol. The molecule has 0 aliphatic rings. The van der Waals surface area contributed by atoms with Gasteiger partial charge in [0.1, 0.15) is 22.9 Å². The molecule has 1 N–H and O–H groups in total. The minimum absolute atomic E-state index is 0.172. The largest absolute Gasteiger partial charge is 0.497 e. The van der Waals surface area contributed by atoms with E-state index >= 15 is 0 Å². The lowest BCUT2D eigenvalue weighted by Crippen LogP contribution is -2.29. The number of nitrogens with one attached hydrogen (secondary N) is 1. The van der Waals surface area contributed by atoms with Crippen molar-refractivity contribution in [3.63, 3.8) is 0 Å². The molecule has 0 saturated heterocycles. The Labute approximate surface area is 153 Å². The number of carbonyl (C=O) groups is 1. The highest BCUT2D eigenvalue weighted by molar-refractivity contribution is 6.04. The molecule has 27 heavy (non-hydrogen) atoms. The maximum atomic E-state index is 13.7. The zero-order valence-electron chi connectivity index (χ0n) is 14.4. The first-order valence-corrected chi connectivity index (χ1v) is 8.06. The smallest absolute Gasteiger partial charge is 0.263 e. The van der Waals surface area contributed by atoms with Crippen molar-refractivity contribution in [2.24, 2.45) is 0 Å². The molecule has 0 spiro atoms. The molecule has 1 heterocycles. The van der Waals surface area contributed by atoms with E-state index in [1.165, 1.54) is 10.6 Å². The summed E-state index contributed by atoms with van der Waals surface area (Å²) in [5.41, 5.74) is -0.200. The van der Waals surface area contributed by atoms with Gasteiger partial charge in [0.2, 0.25) is 0 Å². The van der Waals surface area contributed by atoms with Crippen molar-refractivity contribution >= 4 is 11.6 Å². The van der Waals surface area contributed by atoms with Gasteiger partial charge in [-0.15, -0.1) is 0 Å². The third-order valence-electron chi connectivity index (χ3n) is 3.95. The van der Waals surface area contributed by atoms with Crippen molar-refractivity contribution < 1.29 is 18.3 Å². The van der Waals surface area contributed by atoms with Crippen LogP contribution in [0.4, 0.5) is 14.5 Å². The first-order chi connectivity index (χ1) is 13.0. The third-order valence-corrected chi connectivity index (χ3v) is 3.95. The van der Waals surface area contributed by atoms with Gasteiger partial charge >= 0.3 is 0 Å². The fraction of sp³-hybridized carbons (Fsp3) is 0.100. The zero-order valence-corrected chi connectivity index (χ0v) is 14.4. The maximum absolute atomic E-state index is 13.7. The lowest BCUT2D eigenvalue weighted by Gasteiger charge is -2.10. The number of ether oxygens (including phenoxy) is 1. The number of aromatic nitrogens is 1. The molecule has 0 aliphatic carbocycles. The summed E-state index contributed by atoms with van der Waals surface area (Å²) in [7, 11) is 1.56. The number of amides is 1. The molecule has 1 amide bonds. The van der Waals surface area contributed by atoms with Gasteiger partial charge in [0.25, 0.3) is 11.5 Å². The second-order valence-corrected chi connectivity index (χ2v) is 5.78. The van der Waals surface area contributed by atoms with Crippen LogP contribution in [0, 0.1) is 11.6 Å². The summed E-state index contributed by atoms with van der Waals surface area (Å²) >= 11 is 0. The van der Waals surface area contributed by atoms with Gasteiger partial charge in [-0.3, -0.25) is 9.59 Å². The van der Waals surface area contributed by atoms with Crippen molar-refractivity contribution in [1.82, 2.24) is 4.57 Å². The average molecular weight is 370 g/mol. The highest BCUT2D eigenvalue weighted by Crippen LogP contribution is 2.16. The number of anilines is 1. The van der Waals surface area contributed by atoms with Gasteiger partial charge in [-0.25, -0.2) is 8.78 Å². The van der Waals surface area contributed by atoms with E-state index in [9.17, 15) is 18.4 Å². The van der Waals surface area contributed by atoms with Crippen LogP contribution in [0.15, 0.2) is 65.6 Å². The van der Waals surface area contributed by atoms with Gasteiger partial charge in [0.05, 0.1) is 19.3 Å². The highest BCUT2D eigenvalue weighted by Gasteiger charge is 2.15. The van der Waals surface area contributed by atoms with Gasteiger partial charge in [-0.2, -0.15) is 0 Å². The molecule has 5 nitrogen and oxygen atoms in total. The van der Waals surface area contributed by atoms with Crippen LogP contribution in [0.25, 0.3) is 0 Å². The van der Waals surface area contributed by atoms with Crippen molar-refractivity contribution in [3.05, 3.63) is 93.9 Å². The Morgan fingerprint density at radius 3 is 2.56 bits per heavy atom.